The molecule has 2 aromatic rings. The molecule has 0 unspecified atom stereocenters. The fourth-order valence-electron chi connectivity index (χ4n) is 2.73. The van der Waals surface area contributed by atoms with E-state index in [1.54, 1.807) is 36.6 Å². The Balaban J connectivity index is 1.90. The summed E-state index contributed by atoms with van der Waals surface area (Å²) in [5.41, 5.74) is 1.98. The van der Waals surface area contributed by atoms with Crippen molar-refractivity contribution in [3.8, 4) is 5.75 Å². The Morgan fingerprint density at radius 2 is 2.00 bits per heavy atom. The molecule has 0 radical (unpaired) electrons. The van der Waals surface area contributed by atoms with Crippen LogP contribution in [-0.4, -0.2) is 12.9 Å². The van der Waals surface area contributed by atoms with Gasteiger partial charge in [-0.05, 0) is 55.5 Å². The largest absolute Gasteiger partial charge is 0.495 e. The van der Waals surface area contributed by atoms with Crippen LogP contribution in [0.15, 0.2) is 24.3 Å². The molecule has 1 aliphatic carbocycles. The van der Waals surface area contributed by atoms with Crippen LogP contribution in [-0.2, 0) is 12.8 Å². The van der Waals surface area contributed by atoms with Crippen molar-refractivity contribution >= 4 is 28.7 Å². The Kier molecular flexibility index (Phi) is 4.32. The van der Waals surface area contributed by atoms with Crippen molar-refractivity contribution in [2.24, 2.45) is 0 Å². The lowest BCUT2D eigenvalue weighted by atomic mass is 10.1. The third kappa shape index (κ3) is 2.99. The SMILES string of the molecule is COc1ccc(C(=O)c2cc3c(s2)CCCCC3)cc1Cl. The summed E-state index contributed by atoms with van der Waals surface area (Å²) in [6.45, 7) is 0. The number of carbonyl (C=O) groups is 1. The maximum absolute atomic E-state index is 12.6. The van der Waals surface area contributed by atoms with Gasteiger partial charge in [0.05, 0.1) is 17.0 Å². The van der Waals surface area contributed by atoms with Crippen LogP contribution >= 0.6 is 22.9 Å². The fraction of sp³-hybridized carbons (Fsp3) is 0.353. The highest BCUT2D eigenvalue weighted by molar-refractivity contribution is 7.14. The Hall–Kier alpha value is -1.32. The van der Waals surface area contributed by atoms with E-state index in [4.69, 9.17) is 16.3 Å². The first-order valence-electron chi connectivity index (χ1n) is 7.19. The number of hydrogen-bond acceptors (Lipinski definition) is 3. The lowest BCUT2D eigenvalue weighted by molar-refractivity contribution is 0.104. The summed E-state index contributed by atoms with van der Waals surface area (Å²) in [5, 5.41) is 0.474. The maximum atomic E-state index is 12.6. The zero-order chi connectivity index (χ0) is 14.8. The molecule has 0 fully saturated rings. The molecular formula is C17H17ClO2S. The number of benzene rings is 1. The molecule has 0 saturated carbocycles. The molecule has 2 nitrogen and oxygen atoms in total. The van der Waals surface area contributed by atoms with Gasteiger partial charge < -0.3 is 4.74 Å². The van der Waals surface area contributed by atoms with E-state index >= 15 is 0 Å². The second kappa shape index (κ2) is 6.20. The number of carbonyl (C=O) groups excluding carboxylic acids is 1. The number of ether oxygens (including phenoxy) is 1. The molecule has 1 aromatic carbocycles. The summed E-state index contributed by atoms with van der Waals surface area (Å²) < 4.78 is 5.12. The molecule has 0 aliphatic heterocycles. The second-order valence-corrected chi connectivity index (χ2v) is 6.84. The molecule has 0 atom stereocenters. The van der Waals surface area contributed by atoms with Crippen LogP contribution in [0.4, 0.5) is 0 Å². The van der Waals surface area contributed by atoms with Gasteiger partial charge in [-0.15, -0.1) is 11.3 Å². The van der Waals surface area contributed by atoms with E-state index in [0.717, 1.165) is 17.7 Å². The Labute approximate surface area is 133 Å². The highest BCUT2D eigenvalue weighted by atomic mass is 35.5. The van der Waals surface area contributed by atoms with Crippen LogP contribution in [0.1, 0.15) is 44.9 Å². The number of hydrogen-bond donors (Lipinski definition) is 0. The van der Waals surface area contributed by atoms with Gasteiger partial charge in [-0.1, -0.05) is 18.0 Å². The van der Waals surface area contributed by atoms with Crippen LogP contribution < -0.4 is 4.74 Å². The third-order valence-corrected chi connectivity index (χ3v) is 5.42. The van der Waals surface area contributed by atoms with Gasteiger partial charge in [0.1, 0.15) is 5.75 Å². The van der Waals surface area contributed by atoms with Gasteiger partial charge in [0.25, 0.3) is 0 Å². The highest BCUT2D eigenvalue weighted by Gasteiger charge is 2.18. The van der Waals surface area contributed by atoms with E-state index < -0.39 is 0 Å². The zero-order valence-corrected chi connectivity index (χ0v) is 13.5. The molecule has 1 aromatic heterocycles. The number of aryl methyl sites for hydroxylation is 2. The number of ketones is 1. The quantitative estimate of drug-likeness (QED) is 0.593. The monoisotopic (exact) mass is 320 g/mol. The highest BCUT2D eigenvalue weighted by Crippen LogP contribution is 2.32. The van der Waals surface area contributed by atoms with E-state index in [1.165, 1.54) is 29.7 Å². The van der Waals surface area contributed by atoms with E-state index in [2.05, 4.69) is 6.07 Å². The van der Waals surface area contributed by atoms with Crippen molar-refractivity contribution in [3.05, 3.63) is 50.2 Å². The van der Waals surface area contributed by atoms with Crippen molar-refractivity contribution in [2.45, 2.75) is 32.1 Å². The number of rotatable bonds is 3. The first kappa shape index (κ1) is 14.6. The molecule has 1 aliphatic rings. The normalized spacial score (nSPS) is 14.4. The summed E-state index contributed by atoms with van der Waals surface area (Å²) >= 11 is 7.75. The van der Waals surface area contributed by atoms with Crippen molar-refractivity contribution < 1.29 is 9.53 Å². The first-order chi connectivity index (χ1) is 10.2. The van der Waals surface area contributed by atoms with Gasteiger partial charge in [0, 0.05) is 10.4 Å². The van der Waals surface area contributed by atoms with E-state index in [1.807, 2.05) is 0 Å². The minimum atomic E-state index is 0.0534. The summed E-state index contributed by atoms with van der Waals surface area (Å²) in [7, 11) is 1.57. The molecule has 4 heteroatoms. The van der Waals surface area contributed by atoms with Gasteiger partial charge in [-0.2, -0.15) is 0 Å². The average Bonchev–Trinajstić information content (AvgIpc) is 2.77. The van der Waals surface area contributed by atoms with Crippen LogP contribution in [0.5, 0.6) is 5.75 Å². The molecule has 0 spiro atoms. The molecule has 1 heterocycles. The summed E-state index contributed by atoms with van der Waals surface area (Å²) in [6.07, 6.45) is 5.96. The Bertz CT molecular complexity index is 652. The number of thiophene rings is 1. The van der Waals surface area contributed by atoms with Gasteiger partial charge in [-0.25, -0.2) is 0 Å². The maximum Gasteiger partial charge on any atom is 0.203 e. The van der Waals surface area contributed by atoms with Crippen LogP contribution in [0.25, 0.3) is 0 Å². The van der Waals surface area contributed by atoms with E-state index in [0.29, 0.717) is 16.3 Å². The smallest absolute Gasteiger partial charge is 0.203 e. The number of fused-ring (bicyclic) bond motifs is 1. The Morgan fingerprint density at radius 1 is 1.19 bits per heavy atom. The van der Waals surface area contributed by atoms with E-state index in [9.17, 15) is 4.79 Å². The van der Waals surface area contributed by atoms with Gasteiger partial charge in [0.2, 0.25) is 5.78 Å². The summed E-state index contributed by atoms with van der Waals surface area (Å²) in [6, 6.07) is 7.28. The average molecular weight is 321 g/mol. The zero-order valence-electron chi connectivity index (χ0n) is 11.9. The lowest BCUT2D eigenvalue weighted by Gasteiger charge is -2.04. The number of halogens is 1. The van der Waals surface area contributed by atoms with Gasteiger partial charge in [-0.3, -0.25) is 4.79 Å². The molecule has 0 amide bonds. The molecule has 0 bridgehead atoms. The van der Waals surface area contributed by atoms with E-state index in [-0.39, 0.29) is 5.78 Å². The van der Waals surface area contributed by atoms with Crippen molar-refractivity contribution in [3.63, 3.8) is 0 Å². The Morgan fingerprint density at radius 3 is 2.76 bits per heavy atom. The summed E-state index contributed by atoms with van der Waals surface area (Å²) in [5.74, 6) is 0.646. The number of methoxy groups -OCH3 is 1. The predicted octanol–water partition coefficient (Wildman–Crippen LogP) is 4.91. The third-order valence-electron chi connectivity index (χ3n) is 3.88. The van der Waals surface area contributed by atoms with Crippen molar-refractivity contribution in [1.29, 1.82) is 0 Å². The second-order valence-electron chi connectivity index (χ2n) is 5.30. The van der Waals surface area contributed by atoms with Crippen molar-refractivity contribution in [1.82, 2.24) is 0 Å². The van der Waals surface area contributed by atoms with Crippen LogP contribution in [0, 0.1) is 0 Å². The van der Waals surface area contributed by atoms with Crippen molar-refractivity contribution in [2.75, 3.05) is 7.11 Å². The minimum Gasteiger partial charge on any atom is -0.495 e. The summed E-state index contributed by atoms with van der Waals surface area (Å²) in [4.78, 5) is 14.8. The van der Waals surface area contributed by atoms with Gasteiger partial charge in [0.15, 0.2) is 0 Å². The standard InChI is InChI=1S/C17H17ClO2S/c1-20-14-8-7-12(9-13(14)18)17(19)16-10-11-5-3-2-4-6-15(11)21-16/h7-10H,2-6H2,1H3. The molecule has 110 valence electrons. The molecule has 3 rings (SSSR count). The van der Waals surface area contributed by atoms with Crippen LogP contribution in [0.2, 0.25) is 5.02 Å². The predicted molar refractivity (Wildman–Crippen MR) is 87.0 cm³/mol. The fourth-order valence-corrected chi connectivity index (χ4v) is 4.20. The molecule has 21 heavy (non-hydrogen) atoms. The molecular weight excluding hydrogens is 304 g/mol. The molecule has 0 saturated heterocycles. The minimum absolute atomic E-state index is 0.0534. The topological polar surface area (TPSA) is 26.3 Å². The van der Waals surface area contributed by atoms with Gasteiger partial charge >= 0.3 is 0 Å². The van der Waals surface area contributed by atoms with Crippen LogP contribution in [0.3, 0.4) is 0 Å². The lowest BCUT2D eigenvalue weighted by Crippen LogP contribution is -1.99. The first-order valence-corrected chi connectivity index (χ1v) is 8.38. The molecule has 0 N–H and O–H groups in total.